The van der Waals surface area contributed by atoms with E-state index in [4.69, 9.17) is 4.74 Å². The van der Waals surface area contributed by atoms with E-state index in [-0.39, 0.29) is 17.6 Å². The highest BCUT2D eigenvalue weighted by Crippen LogP contribution is 2.27. The first-order valence-corrected chi connectivity index (χ1v) is 8.57. The molecule has 2 aromatic heterocycles. The third kappa shape index (κ3) is 3.97. The average Bonchev–Trinajstić information content (AvgIpc) is 2.53. The summed E-state index contributed by atoms with van der Waals surface area (Å²) in [7, 11) is 0. The van der Waals surface area contributed by atoms with Gasteiger partial charge in [-0.25, -0.2) is 14.8 Å². The number of fused-ring (bicyclic) bond motifs is 1. The number of carbonyl (C=O) groups excluding carboxylic acids is 1. The number of ether oxygens (including phenoxy) is 1. The molecule has 7 heteroatoms. The Morgan fingerprint density at radius 1 is 1.32 bits per heavy atom. The number of hydrogen-bond acceptors (Lipinski definition) is 5. The molecule has 0 aliphatic carbocycles. The minimum Gasteiger partial charge on any atom is -0.444 e. The standard InChI is InChI=1S/C18H24N4O3/c1-11-10-19-15-14(20-11)9-13(16(23)21-15)12-5-7-22(8-6-12)17(24)25-18(2,3)4/h9-10,12H,5-8H2,1-4H3,(H,19,21,23). The fourth-order valence-corrected chi connectivity index (χ4v) is 3.09. The second kappa shape index (κ2) is 6.46. The van der Waals surface area contributed by atoms with Gasteiger partial charge in [0.15, 0.2) is 5.65 Å². The van der Waals surface area contributed by atoms with Crippen molar-refractivity contribution in [2.75, 3.05) is 13.1 Å². The smallest absolute Gasteiger partial charge is 0.410 e. The number of H-pyrrole nitrogens is 1. The van der Waals surface area contributed by atoms with E-state index in [9.17, 15) is 9.59 Å². The van der Waals surface area contributed by atoms with Crippen molar-refractivity contribution in [1.82, 2.24) is 19.9 Å². The van der Waals surface area contributed by atoms with Crippen molar-refractivity contribution in [1.29, 1.82) is 0 Å². The summed E-state index contributed by atoms with van der Waals surface area (Å²) < 4.78 is 5.41. The minimum absolute atomic E-state index is 0.106. The fraction of sp³-hybridized carbons (Fsp3) is 0.556. The van der Waals surface area contributed by atoms with Crippen molar-refractivity contribution >= 4 is 17.3 Å². The second-order valence-corrected chi connectivity index (χ2v) is 7.54. The lowest BCUT2D eigenvalue weighted by molar-refractivity contribution is 0.0204. The second-order valence-electron chi connectivity index (χ2n) is 7.54. The highest BCUT2D eigenvalue weighted by Gasteiger charge is 2.28. The third-order valence-corrected chi connectivity index (χ3v) is 4.29. The van der Waals surface area contributed by atoms with Gasteiger partial charge in [0.25, 0.3) is 5.56 Å². The molecule has 1 amide bonds. The zero-order chi connectivity index (χ0) is 18.2. The maximum atomic E-state index is 12.4. The van der Waals surface area contributed by atoms with Gasteiger partial charge in [0, 0.05) is 18.7 Å². The Bertz CT molecular complexity index is 846. The lowest BCUT2D eigenvalue weighted by Gasteiger charge is -2.33. The molecule has 0 saturated carbocycles. The molecule has 1 N–H and O–H groups in total. The van der Waals surface area contributed by atoms with Crippen LogP contribution in [0.1, 0.15) is 50.8 Å². The van der Waals surface area contributed by atoms with Crippen LogP contribution in [0.15, 0.2) is 17.1 Å². The van der Waals surface area contributed by atoms with Crippen LogP contribution >= 0.6 is 0 Å². The molecule has 0 aromatic carbocycles. The molecule has 7 nitrogen and oxygen atoms in total. The van der Waals surface area contributed by atoms with Crippen LogP contribution in [0.3, 0.4) is 0 Å². The molecule has 0 unspecified atom stereocenters. The Kier molecular flexibility index (Phi) is 4.49. The monoisotopic (exact) mass is 344 g/mol. The van der Waals surface area contributed by atoms with Crippen LogP contribution in [0.4, 0.5) is 4.79 Å². The zero-order valence-corrected chi connectivity index (χ0v) is 15.1. The summed E-state index contributed by atoms with van der Waals surface area (Å²) >= 11 is 0. The number of piperidine rings is 1. The van der Waals surface area contributed by atoms with Gasteiger partial charge < -0.3 is 14.6 Å². The lowest BCUT2D eigenvalue weighted by atomic mass is 9.90. The molecule has 2 aromatic rings. The summed E-state index contributed by atoms with van der Waals surface area (Å²) in [6, 6.07) is 1.84. The number of nitrogens with one attached hydrogen (secondary N) is 1. The summed E-state index contributed by atoms with van der Waals surface area (Å²) in [5, 5.41) is 0. The van der Waals surface area contributed by atoms with Gasteiger partial charge >= 0.3 is 6.09 Å². The number of pyridine rings is 1. The van der Waals surface area contributed by atoms with E-state index in [1.54, 1.807) is 11.1 Å². The van der Waals surface area contributed by atoms with Gasteiger partial charge in [-0.1, -0.05) is 0 Å². The predicted octanol–water partition coefficient (Wildman–Crippen LogP) is 2.74. The molecular weight excluding hydrogens is 320 g/mol. The van der Waals surface area contributed by atoms with E-state index in [2.05, 4.69) is 15.0 Å². The molecule has 3 heterocycles. The van der Waals surface area contributed by atoms with Gasteiger partial charge in [0.2, 0.25) is 0 Å². The van der Waals surface area contributed by atoms with Crippen LogP contribution in [-0.2, 0) is 4.74 Å². The first-order chi connectivity index (χ1) is 11.7. The molecule has 25 heavy (non-hydrogen) atoms. The van der Waals surface area contributed by atoms with Crippen molar-refractivity contribution in [2.45, 2.75) is 52.1 Å². The number of aryl methyl sites for hydroxylation is 1. The van der Waals surface area contributed by atoms with Gasteiger partial charge in [-0.15, -0.1) is 0 Å². The molecule has 1 aliphatic rings. The normalized spacial score (nSPS) is 16.2. The quantitative estimate of drug-likeness (QED) is 0.859. The van der Waals surface area contributed by atoms with E-state index in [1.165, 1.54) is 0 Å². The van der Waals surface area contributed by atoms with E-state index >= 15 is 0 Å². The van der Waals surface area contributed by atoms with Crippen LogP contribution < -0.4 is 5.56 Å². The van der Waals surface area contributed by atoms with Crippen LogP contribution in [0.2, 0.25) is 0 Å². The largest absolute Gasteiger partial charge is 0.444 e. The number of rotatable bonds is 1. The molecule has 1 fully saturated rings. The number of hydrogen-bond donors (Lipinski definition) is 1. The van der Waals surface area contributed by atoms with Crippen LogP contribution in [0.5, 0.6) is 0 Å². The molecule has 134 valence electrons. The van der Waals surface area contributed by atoms with Crippen LogP contribution in [-0.4, -0.2) is 44.6 Å². The van der Waals surface area contributed by atoms with Gasteiger partial charge in [-0.3, -0.25) is 4.79 Å². The highest BCUT2D eigenvalue weighted by molar-refractivity contribution is 5.70. The van der Waals surface area contributed by atoms with Gasteiger partial charge in [-0.2, -0.15) is 0 Å². The summed E-state index contributed by atoms with van der Waals surface area (Å²) in [4.78, 5) is 37.7. The maximum Gasteiger partial charge on any atom is 0.410 e. The van der Waals surface area contributed by atoms with Crippen molar-refractivity contribution < 1.29 is 9.53 Å². The Morgan fingerprint density at radius 2 is 2.00 bits per heavy atom. The Hall–Kier alpha value is -2.44. The van der Waals surface area contributed by atoms with E-state index in [0.717, 1.165) is 24.1 Å². The molecule has 1 aliphatic heterocycles. The highest BCUT2D eigenvalue weighted by atomic mass is 16.6. The minimum atomic E-state index is -0.500. The van der Waals surface area contributed by atoms with Crippen LogP contribution in [0.25, 0.3) is 11.2 Å². The molecule has 0 bridgehead atoms. The van der Waals surface area contributed by atoms with Gasteiger partial charge in [0.1, 0.15) is 11.1 Å². The molecule has 0 radical (unpaired) electrons. The average molecular weight is 344 g/mol. The van der Waals surface area contributed by atoms with E-state index in [1.807, 2.05) is 33.8 Å². The predicted molar refractivity (Wildman–Crippen MR) is 94.7 cm³/mol. The Morgan fingerprint density at radius 3 is 2.64 bits per heavy atom. The Balaban J connectivity index is 1.75. The first kappa shape index (κ1) is 17.4. The number of amides is 1. The SMILES string of the molecule is Cc1cnc2[nH]c(=O)c(C3CCN(C(=O)OC(C)(C)C)CC3)cc2n1. The van der Waals surface area contributed by atoms with Crippen molar-refractivity contribution in [3.05, 3.63) is 33.9 Å². The van der Waals surface area contributed by atoms with Gasteiger partial charge in [0.05, 0.1) is 11.9 Å². The first-order valence-electron chi connectivity index (χ1n) is 8.57. The summed E-state index contributed by atoms with van der Waals surface area (Å²) in [5.41, 5.74) is 2.11. The van der Waals surface area contributed by atoms with Crippen LogP contribution in [0, 0.1) is 6.92 Å². The Labute approximate surface area is 146 Å². The molecule has 1 saturated heterocycles. The summed E-state index contributed by atoms with van der Waals surface area (Å²) in [6.45, 7) is 8.60. The topological polar surface area (TPSA) is 88.2 Å². The summed E-state index contributed by atoms with van der Waals surface area (Å²) in [5.74, 6) is 0.106. The number of likely N-dealkylation sites (tertiary alicyclic amines) is 1. The maximum absolute atomic E-state index is 12.4. The molecule has 3 rings (SSSR count). The third-order valence-electron chi connectivity index (χ3n) is 4.29. The lowest BCUT2D eigenvalue weighted by Crippen LogP contribution is -2.41. The molecule has 0 atom stereocenters. The number of aromatic nitrogens is 3. The van der Waals surface area contributed by atoms with E-state index < -0.39 is 5.60 Å². The van der Waals surface area contributed by atoms with Crippen molar-refractivity contribution in [3.63, 3.8) is 0 Å². The number of aromatic amines is 1. The molecule has 0 spiro atoms. The number of carbonyl (C=O) groups is 1. The fourth-order valence-electron chi connectivity index (χ4n) is 3.09. The van der Waals surface area contributed by atoms with E-state index in [0.29, 0.717) is 24.3 Å². The van der Waals surface area contributed by atoms with Crippen molar-refractivity contribution in [2.24, 2.45) is 0 Å². The number of nitrogens with zero attached hydrogens (tertiary/aromatic N) is 3. The molecular formula is C18H24N4O3. The van der Waals surface area contributed by atoms with Gasteiger partial charge in [-0.05, 0) is 52.5 Å². The summed E-state index contributed by atoms with van der Waals surface area (Å²) in [6.07, 6.45) is 2.80. The zero-order valence-electron chi connectivity index (χ0n) is 15.1. The van der Waals surface area contributed by atoms with Crippen molar-refractivity contribution in [3.8, 4) is 0 Å².